The number of anilines is 3. The number of benzene rings is 2. The van der Waals surface area contributed by atoms with E-state index >= 15 is 0 Å². The van der Waals surface area contributed by atoms with Crippen molar-refractivity contribution in [1.82, 2.24) is 0 Å². The van der Waals surface area contributed by atoms with Crippen molar-refractivity contribution in [2.24, 2.45) is 0 Å². The first-order valence-electron chi connectivity index (χ1n) is 8.34. The molecular weight excluding hydrogens is 314 g/mol. The molecule has 0 spiro atoms. The standard InChI is InChI=1S/C20H25N3O2/c1-13-10-14(2)20(15(3)11-13)21-9-8-19(25)23-18-7-5-6-17(12-18)22-16(4)24/h5-7,10-12,21H,8-9H2,1-4H3,(H,22,24)(H,23,25). The van der Waals surface area contributed by atoms with Crippen molar-refractivity contribution in [2.75, 3.05) is 22.5 Å². The molecule has 2 aromatic carbocycles. The highest BCUT2D eigenvalue weighted by Gasteiger charge is 2.06. The van der Waals surface area contributed by atoms with Crippen LogP contribution in [0.1, 0.15) is 30.0 Å². The number of amides is 2. The molecule has 0 aliphatic carbocycles. The molecule has 5 heteroatoms. The van der Waals surface area contributed by atoms with Gasteiger partial charge in [0.15, 0.2) is 0 Å². The minimum Gasteiger partial charge on any atom is -0.384 e. The van der Waals surface area contributed by atoms with Crippen LogP contribution in [0.3, 0.4) is 0 Å². The van der Waals surface area contributed by atoms with Gasteiger partial charge in [0.05, 0.1) is 0 Å². The highest BCUT2D eigenvalue weighted by atomic mass is 16.2. The van der Waals surface area contributed by atoms with Crippen LogP contribution in [0.25, 0.3) is 0 Å². The van der Waals surface area contributed by atoms with Crippen LogP contribution in [-0.2, 0) is 9.59 Å². The van der Waals surface area contributed by atoms with Crippen molar-refractivity contribution >= 4 is 28.9 Å². The normalized spacial score (nSPS) is 10.2. The van der Waals surface area contributed by atoms with Gasteiger partial charge in [0, 0.05) is 37.0 Å². The van der Waals surface area contributed by atoms with Gasteiger partial charge < -0.3 is 16.0 Å². The average Bonchev–Trinajstić information content (AvgIpc) is 2.49. The SMILES string of the molecule is CC(=O)Nc1cccc(NC(=O)CCNc2c(C)cc(C)cc2C)c1. The molecule has 0 atom stereocenters. The Balaban J connectivity index is 1.88. The lowest BCUT2D eigenvalue weighted by atomic mass is 10.1. The van der Waals surface area contributed by atoms with Gasteiger partial charge in [-0.1, -0.05) is 23.8 Å². The van der Waals surface area contributed by atoms with E-state index in [1.54, 1.807) is 24.3 Å². The third-order valence-corrected chi connectivity index (χ3v) is 3.80. The van der Waals surface area contributed by atoms with Crippen LogP contribution in [0.5, 0.6) is 0 Å². The van der Waals surface area contributed by atoms with Crippen LogP contribution in [-0.4, -0.2) is 18.4 Å². The molecule has 5 nitrogen and oxygen atoms in total. The fourth-order valence-electron chi connectivity index (χ4n) is 2.86. The molecule has 132 valence electrons. The molecule has 0 fully saturated rings. The van der Waals surface area contributed by atoms with E-state index in [1.165, 1.54) is 23.6 Å². The topological polar surface area (TPSA) is 70.2 Å². The molecule has 3 N–H and O–H groups in total. The summed E-state index contributed by atoms with van der Waals surface area (Å²) in [4.78, 5) is 23.2. The van der Waals surface area contributed by atoms with Crippen molar-refractivity contribution < 1.29 is 9.59 Å². The zero-order chi connectivity index (χ0) is 18.4. The third-order valence-electron chi connectivity index (χ3n) is 3.80. The zero-order valence-electron chi connectivity index (χ0n) is 15.2. The molecule has 0 heterocycles. The lowest BCUT2D eigenvalue weighted by molar-refractivity contribution is -0.116. The maximum Gasteiger partial charge on any atom is 0.226 e. The number of hydrogen-bond acceptors (Lipinski definition) is 3. The van der Waals surface area contributed by atoms with Gasteiger partial charge in [0.2, 0.25) is 11.8 Å². The Labute approximate surface area is 148 Å². The predicted molar refractivity (Wildman–Crippen MR) is 103 cm³/mol. The fraction of sp³-hybridized carbons (Fsp3) is 0.300. The largest absolute Gasteiger partial charge is 0.384 e. The second-order valence-electron chi connectivity index (χ2n) is 6.26. The summed E-state index contributed by atoms with van der Waals surface area (Å²) in [6.45, 7) is 8.21. The monoisotopic (exact) mass is 339 g/mol. The molecule has 2 aromatic rings. The minimum atomic E-state index is -0.142. The minimum absolute atomic E-state index is 0.0742. The number of carbonyl (C=O) groups is 2. The second-order valence-corrected chi connectivity index (χ2v) is 6.26. The highest BCUT2D eigenvalue weighted by Crippen LogP contribution is 2.22. The smallest absolute Gasteiger partial charge is 0.226 e. The van der Waals surface area contributed by atoms with E-state index in [4.69, 9.17) is 0 Å². The van der Waals surface area contributed by atoms with E-state index in [2.05, 4.69) is 48.9 Å². The number of carbonyl (C=O) groups excluding carboxylic acids is 2. The van der Waals surface area contributed by atoms with Crippen molar-refractivity contribution in [3.63, 3.8) is 0 Å². The van der Waals surface area contributed by atoms with E-state index in [0.717, 1.165) is 5.69 Å². The third kappa shape index (κ3) is 5.64. The summed E-state index contributed by atoms with van der Waals surface area (Å²) in [7, 11) is 0. The molecule has 2 amide bonds. The van der Waals surface area contributed by atoms with Crippen LogP contribution in [0.15, 0.2) is 36.4 Å². The van der Waals surface area contributed by atoms with Crippen molar-refractivity contribution in [1.29, 1.82) is 0 Å². The molecule has 25 heavy (non-hydrogen) atoms. The summed E-state index contributed by atoms with van der Waals surface area (Å²) in [5, 5.41) is 8.89. The molecule has 0 unspecified atom stereocenters. The maximum atomic E-state index is 12.1. The first kappa shape index (κ1) is 18.5. The van der Waals surface area contributed by atoms with E-state index in [1.807, 2.05) is 0 Å². The molecule has 0 aliphatic heterocycles. The van der Waals surface area contributed by atoms with E-state index < -0.39 is 0 Å². The van der Waals surface area contributed by atoms with Crippen LogP contribution < -0.4 is 16.0 Å². The van der Waals surface area contributed by atoms with Crippen LogP contribution >= 0.6 is 0 Å². The summed E-state index contributed by atoms with van der Waals surface area (Å²) in [6.07, 6.45) is 0.358. The van der Waals surface area contributed by atoms with Crippen molar-refractivity contribution in [3.8, 4) is 0 Å². The fourth-order valence-corrected chi connectivity index (χ4v) is 2.86. The zero-order valence-corrected chi connectivity index (χ0v) is 15.2. The molecule has 0 radical (unpaired) electrons. The summed E-state index contributed by atoms with van der Waals surface area (Å²) in [6, 6.07) is 11.4. The van der Waals surface area contributed by atoms with Gasteiger partial charge in [0.25, 0.3) is 0 Å². The van der Waals surface area contributed by atoms with Gasteiger partial charge in [0.1, 0.15) is 0 Å². The Morgan fingerprint density at radius 1 is 0.920 bits per heavy atom. The highest BCUT2D eigenvalue weighted by molar-refractivity contribution is 5.93. The molecule has 0 aromatic heterocycles. The maximum absolute atomic E-state index is 12.1. The summed E-state index contributed by atoms with van der Waals surface area (Å²) >= 11 is 0. The molecule has 0 bridgehead atoms. The number of hydrogen-bond donors (Lipinski definition) is 3. The second kappa shape index (κ2) is 8.33. The molecule has 0 saturated carbocycles. The Kier molecular flexibility index (Phi) is 6.17. The van der Waals surface area contributed by atoms with Crippen LogP contribution in [0.4, 0.5) is 17.1 Å². The summed E-state index contributed by atoms with van der Waals surface area (Å²) in [5.41, 5.74) is 6.01. The number of nitrogens with one attached hydrogen (secondary N) is 3. The number of aryl methyl sites for hydroxylation is 3. The Morgan fingerprint density at radius 2 is 1.52 bits per heavy atom. The predicted octanol–water partition coefficient (Wildman–Crippen LogP) is 4.01. The Hall–Kier alpha value is -2.82. The average molecular weight is 339 g/mol. The van der Waals surface area contributed by atoms with Gasteiger partial charge >= 0.3 is 0 Å². The summed E-state index contributed by atoms with van der Waals surface area (Å²) in [5.74, 6) is -0.216. The Morgan fingerprint density at radius 3 is 2.12 bits per heavy atom. The number of rotatable bonds is 6. The van der Waals surface area contributed by atoms with Gasteiger partial charge in [-0.05, 0) is 50.1 Å². The van der Waals surface area contributed by atoms with Crippen molar-refractivity contribution in [2.45, 2.75) is 34.1 Å². The van der Waals surface area contributed by atoms with Crippen LogP contribution in [0, 0.1) is 20.8 Å². The quantitative estimate of drug-likeness (QED) is 0.745. The van der Waals surface area contributed by atoms with Crippen molar-refractivity contribution in [3.05, 3.63) is 53.1 Å². The molecule has 2 rings (SSSR count). The summed E-state index contributed by atoms with van der Waals surface area (Å²) < 4.78 is 0. The van der Waals surface area contributed by atoms with Gasteiger partial charge in [-0.25, -0.2) is 0 Å². The van der Waals surface area contributed by atoms with Gasteiger partial charge in [-0.3, -0.25) is 9.59 Å². The molecular formula is C20H25N3O2. The molecule has 0 aliphatic rings. The lowest BCUT2D eigenvalue weighted by Gasteiger charge is -2.14. The first-order chi connectivity index (χ1) is 11.8. The van der Waals surface area contributed by atoms with E-state index in [9.17, 15) is 9.59 Å². The van der Waals surface area contributed by atoms with E-state index in [0.29, 0.717) is 24.3 Å². The van der Waals surface area contributed by atoms with Gasteiger partial charge in [-0.2, -0.15) is 0 Å². The Bertz CT molecular complexity index is 761. The van der Waals surface area contributed by atoms with E-state index in [-0.39, 0.29) is 11.8 Å². The lowest BCUT2D eigenvalue weighted by Crippen LogP contribution is -2.17. The molecule has 0 saturated heterocycles. The van der Waals surface area contributed by atoms with Gasteiger partial charge in [-0.15, -0.1) is 0 Å². The van der Waals surface area contributed by atoms with Crippen LogP contribution in [0.2, 0.25) is 0 Å². The first-order valence-corrected chi connectivity index (χ1v) is 8.34.